The maximum absolute atomic E-state index is 13.0. The number of aliphatic hydroxyl groups is 1. The van der Waals surface area contributed by atoms with Crippen LogP contribution < -0.4 is 4.74 Å². The molecule has 1 amide bonds. The quantitative estimate of drug-likeness (QED) is 0.796. The number of carbonyl (C=O) groups excluding carboxylic acids is 1. The number of hydrogen-bond acceptors (Lipinski definition) is 4. The Labute approximate surface area is 145 Å². The van der Waals surface area contributed by atoms with Gasteiger partial charge in [-0.2, -0.15) is 0 Å². The zero-order chi connectivity index (χ0) is 17.4. The predicted molar refractivity (Wildman–Crippen MR) is 92.6 cm³/mol. The number of methoxy groups -OCH3 is 1. The molecular formula is C19H19N3O3. The molecule has 1 saturated heterocycles. The van der Waals surface area contributed by atoms with Gasteiger partial charge in [-0.3, -0.25) is 4.79 Å². The first-order valence-corrected chi connectivity index (χ1v) is 8.20. The van der Waals surface area contributed by atoms with Gasteiger partial charge in [0.1, 0.15) is 5.75 Å². The summed E-state index contributed by atoms with van der Waals surface area (Å²) in [6.07, 6.45) is 5.18. The maximum atomic E-state index is 13.0. The van der Waals surface area contributed by atoms with Crippen molar-refractivity contribution in [2.75, 3.05) is 13.7 Å². The molecule has 0 radical (unpaired) electrons. The van der Waals surface area contributed by atoms with Crippen molar-refractivity contribution < 1.29 is 14.6 Å². The van der Waals surface area contributed by atoms with Crippen molar-refractivity contribution in [3.05, 3.63) is 66.2 Å². The lowest BCUT2D eigenvalue weighted by molar-refractivity contribution is 0.0715. The van der Waals surface area contributed by atoms with Crippen LogP contribution in [0.4, 0.5) is 0 Å². The lowest BCUT2D eigenvalue weighted by atomic mass is 10.0. The van der Waals surface area contributed by atoms with Crippen LogP contribution in [0, 0.1) is 0 Å². The van der Waals surface area contributed by atoms with E-state index in [-0.39, 0.29) is 11.9 Å². The molecule has 128 valence electrons. The van der Waals surface area contributed by atoms with Crippen LogP contribution in [-0.4, -0.2) is 45.1 Å². The second-order valence-electron chi connectivity index (χ2n) is 6.28. The van der Waals surface area contributed by atoms with Gasteiger partial charge in [-0.25, -0.2) is 4.98 Å². The molecule has 0 bridgehead atoms. The number of ether oxygens (including phenoxy) is 1. The predicted octanol–water partition coefficient (Wildman–Crippen LogP) is 2.29. The first-order chi connectivity index (χ1) is 12.2. The van der Waals surface area contributed by atoms with Crippen LogP contribution in [0.2, 0.25) is 0 Å². The Morgan fingerprint density at radius 1 is 1.32 bits per heavy atom. The minimum absolute atomic E-state index is 0.0973. The molecule has 0 spiro atoms. The molecule has 3 aromatic rings. The summed E-state index contributed by atoms with van der Waals surface area (Å²) in [5, 5.41) is 10.2. The average Bonchev–Trinajstić information content (AvgIpc) is 3.26. The van der Waals surface area contributed by atoms with Crippen molar-refractivity contribution in [1.29, 1.82) is 0 Å². The van der Waals surface area contributed by atoms with Gasteiger partial charge in [-0.05, 0) is 36.2 Å². The van der Waals surface area contributed by atoms with Crippen molar-refractivity contribution in [2.45, 2.75) is 18.6 Å². The number of amides is 1. The number of fused-ring (bicyclic) bond motifs is 1. The molecule has 2 atom stereocenters. The number of carbonyl (C=O) groups is 1. The smallest absolute Gasteiger partial charge is 0.255 e. The minimum Gasteiger partial charge on any atom is -0.497 e. The van der Waals surface area contributed by atoms with E-state index in [4.69, 9.17) is 4.74 Å². The Morgan fingerprint density at radius 3 is 3.04 bits per heavy atom. The van der Waals surface area contributed by atoms with Gasteiger partial charge < -0.3 is 19.1 Å². The fraction of sp³-hybridized carbons (Fsp3) is 0.263. The van der Waals surface area contributed by atoms with Crippen molar-refractivity contribution in [1.82, 2.24) is 14.3 Å². The summed E-state index contributed by atoms with van der Waals surface area (Å²) in [6, 6.07) is 11.1. The number of likely N-dealkylation sites (tertiary alicyclic amines) is 1. The monoisotopic (exact) mass is 337 g/mol. The Kier molecular flexibility index (Phi) is 3.89. The zero-order valence-corrected chi connectivity index (χ0v) is 13.9. The van der Waals surface area contributed by atoms with Crippen LogP contribution in [-0.2, 0) is 0 Å². The highest BCUT2D eigenvalue weighted by Gasteiger charge is 2.36. The largest absolute Gasteiger partial charge is 0.497 e. The molecule has 1 aromatic carbocycles. The molecule has 4 rings (SSSR count). The molecule has 1 aliphatic heterocycles. The standard InChI is InChI=1S/C19H19N3O3/c1-25-17-4-2-3-13(7-17)18-8-16(23)11-22(18)19(24)14-5-6-15-9-20-12-21(15)10-14/h2-7,9-10,12,16,18,23H,8,11H2,1H3/t16-,18+/m0/s1. The maximum Gasteiger partial charge on any atom is 0.255 e. The number of pyridine rings is 1. The minimum atomic E-state index is -0.530. The van der Waals surface area contributed by atoms with Gasteiger partial charge in [0.25, 0.3) is 5.91 Å². The third-order valence-electron chi connectivity index (χ3n) is 4.67. The molecule has 3 heterocycles. The number of β-amino-alcohol motifs (C(OH)–C–C–N with tert-alkyl or cyclic N) is 1. The molecule has 0 saturated carbocycles. The van der Waals surface area contributed by atoms with E-state index in [2.05, 4.69) is 4.98 Å². The van der Waals surface area contributed by atoms with Gasteiger partial charge in [0.05, 0.1) is 42.9 Å². The third kappa shape index (κ3) is 2.85. The van der Waals surface area contributed by atoms with Crippen molar-refractivity contribution in [2.24, 2.45) is 0 Å². The van der Waals surface area contributed by atoms with Crippen LogP contribution in [0.1, 0.15) is 28.4 Å². The summed E-state index contributed by atoms with van der Waals surface area (Å²) in [5.41, 5.74) is 2.47. The highest BCUT2D eigenvalue weighted by atomic mass is 16.5. The molecule has 1 fully saturated rings. The topological polar surface area (TPSA) is 67.1 Å². The highest BCUT2D eigenvalue weighted by molar-refractivity contribution is 5.94. The van der Waals surface area contributed by atoms with Crippen LogP contribution >= 0.6 is 0 Å². The van der Waals surface area contributed by atoms with E-state index < -0.39 is 6.10 Å². The second-order valence-corrected chi connectivity index (χ2v) is 6.28. The van der Waals surface area contributed by atoms with Gasteiger partial charge in [0.15, 0.2) is 0 Å². The molecule has 6 nitrogen and oxygen atoms in total. The van der Waals surface area contributed by atoms with Crippen molar-refractivity contribution in [3.8, 4) is 5.75 Å². The molecule has 6 heteroatoms. The Balaban J connectivity index is 1.67. The lowest BCUT2D eigenvalue weighted by Crippen LogP contribution is -2.32. The van der Waals surface area contributed by atoms with Crippen LogP contribution in [0.25, 0.3) is 5.52 Å². The molecule has 25 heavy (non-hydrogen) atoms. The fourth-order valence-corrected chi connectivity index (χ4v) is 3.42. The molecule has 0 unspecified atom stereocenters. The molecule has 2 aromatic heterocycles. The average molecular weight is 337 g/mol. The summed E-state index contributed by atoms with van der Waals surface area (Å²) >= 11 is 0. The number of benzene rings is 1. The summed E-state index contributed by atoms with van der Waals surface area (Å²) in [4.78, 5) is 18.9. The number of rotatable bonds is 3. The second kappa shape index (κ2) is 6.22. The van der Waals surface area contributed by atoms with Crippen molar-refractivity contribution in [3.63, 3.8) is 0 Å². The van der Waals surface area contributed by atoms with E-state index in [1.165, 1.54) is 0 Å². The zero-order valence-electron chi connectivity index (χ0n) is 13.9. The lowest BCUT2D eigenvalue weighted by Gasteiger charge is -2.25. The molecule has 1 aliphatic rings. The molecule has 0 aliphatic carbocycles. The van der Waals surface area contributed by atoms with Gasteiger partial charge in [0, 0.05) is 12.7 Å². The summed E-state index contributed by atoms with van der Waals surface area (Å²) in [5.74, 6) is 0.645. The third-order valence-corrected chi connectivity index (χ3v) is 4.67. The Morgan fingerprint density at radius 2 is 2.20 bits per heavy atom. The van der Waals surface area contributed by atoms with Crippen LogP contribution in [0.3, 0.4) is 0 Å². The van der Waals surface area contributed by atoms with E-state index in [1.807, 2.05) is 34.7 Å². The van der Waals surface area contributed by atoms with Crippen LogP contribution in [0.5, 0.6) is 5.75 Å². The van der Waals surface area contributed by atoms with E-state index in [0.29, 0.717) is 18.5 Å². The van der Waals surface area contributed by atoms with E-state index >= 15 is 0 Å². The Hall–Kier alpha value is -2.86. The SMILES string of the molecule is COc1cccc([C@H]2C[C@H](O)CN2C(=O)c2ccc3cncn3c2)c1. The summed E-state index contributed by atoms with van der Waals surface area (Å²) in [6.45, 7) is 0.322. The highest BCUT2D eigenvalue weighted by Crippen LogP contribution is 2.34. The van der Waals surface area contributed by atoms with E-state index in [0.717, 1.165) is 16.8 Å². The van der Waals surface area contributed by atoms with Crippen molar-refractivity contribution >= 4 is 11.4 Å². The van der Waals surface area contributed by atoms with Gasteiger partial charge >= 0.3 is 0 Å². The fourth-order valence-electron chi connectivity index (χ4n) is 3.42. The molecular weight excluding hydrogens is 318 g/mol. The normalized spacial score (nSPS) is 20.2. The van der Waals surface area contributed by atoms with Gasteiger partial charge in [-0.1, -0.05) is 12.1 Å². The van der Waals surface area contributed by atoms with E-state index in [9.17, 15) is 9.90 Å². The summed E-state index contributed by atoms with van der Waals surface area (Å²) in [7, 11) is 1.62. The van der Waals surface area contributed by atoms with Crippen LogP contribution in [0.15, 0.2) is 55.1 Å². The number of aromatic nitrogens is 2. The van der Waals surface area contributed by atoms with E-state index in [1.54, 1.807) is 36.8 Å². The molecule has 1 N–H and O–H groups in total. The van der Waals surface area contributed by atoms with Gasteiger partial charge in [-0.15, -0.1) is 0 Å². The number of aliphatic hydroxyl groups excluding tert-OH is 1. The first-order valence-electron chi connectivity index (χ1n) is 8.20. The number of hydrogen-bond donors (Lipinski definition) is 1. The van der Waals surface area contributed by atoms with Gasteiger partial charge in [0.2, 0.25) is 0 Å². The Bertz CT molecular complexity index is 921. The summed E-state index contributed by atoms with van der Waals surface area (Å²) < 4.78 is 7.10. The first kappa shape index (κ1) is 15.7. The number of nitrogens with zero attached hydrogens (tertiary/aromatic N) is 3. The number of imidazole rings is 1.